The number of nitrogens with two attached hydrogens (primary N) is 1. The van der Waals surface area contributed by atoms with Crippen molar-refractivity contribution >= 4 is 0 Å². The maximum absolute atomic E-state index is 13.4. The first kappa shape index (κ1) is 13.6. The van der Waals surface area contributed by atoms with Gasteiger partial charge in [0.1, 0.15) is 29.1 Å². The van der Waals surface area contributed by atoms with Crippen LogP contribution in [0.25, 0.3) is 0 Å². The topological polar surface area (TPSA) is 60.4 Å². The third-order valence-corrected chi connectivity index (χ3v) is 2.98. The number of halogens is 1. The molecule has 1 aromatic heterocycles. The van der Waals surface area contributed by atoms with E-state index in [1.807, 2.05) is 19.1 Å². The predicted octanol–water partition coefficient (Wildman–Crippen LogP) is 2.54. The second-order valence-corrected chi connectivity index (χ2v) is 4.14. The summed E-state index contributed by atoms with van der Waals surface area (Å²) in [6.07, 6.45) is 0.789. The van der Waals surface area contributed by atoms with Gasteiger partial charge in [-0.2, -0.15) is 0 Å². The van der Waals surface area contributed by atoms with Crippen LogP contribution in [-0.4, -0.2) is 7.11 Å². The fraction of sp³-hybridized carbons (Fsp3) is 0.286. The molecule has 2 rings (SSSR count). The van der Waals surface area contributed by atoms with Gasteiger partial charge in [0.2, 0.25) is 0 Å². The van der Waals surface area contributed by atoms with Crippen molar-refractivity contribution in [3.63, 3.8) is 0 Å². The molecule has 0 spiro atoms. The van der Waals surface area contributed by atoms with Crippen molar-refractivity contribution in [2.24, 2.45) is 5.84 Å². The minimum Gasteiger partial charge on any atom is -0.496 e. The SMILES string of the molecule is CCc1ccc(C(NN)c2cc(F)ccc2OC)o1. The fourth-order valence-corrected chi connectivity index (χ4v) is 2.00. The zero-order valence-corrected chi connectivity index (χ0v) is 10.9. The molecule has 5 heteroatoms. The van der Waals surface area contributed by atoms with Gasteiger partial charge in [0.15, 0.2) is 0 Å². The summed E-state index contributed by atoms with van der Waals surface area (Å²) in [4.78, 5) is 0. The van der Waals surface area contributed by atoms with Crippen LogP contribution < -0.4 is 16.0 Å². The molecule has 0 fully saturated rings. The molecule has 1 heterocycles. The largest absolute Gasteiger partial charge is 0.496 e. The molecule has 0 saturated heterocycles. The van der Waals surface area contributed by atoms with E-state index in [4.69, 9.17) is 15.0 Å². The van der Waals surface area contributed by atoms with E-state index in [9.17, 15) is 4.39 Å². The van der Waals surface area contributed by atoms with E-state index in [-0.39, 0.29) is 5.82 Å². The number of nitrogens with one attached hydrogen (secondary N) is 1. The summed E-state index contributed by atoms with van der Waals surface area (Å²) in [6.45, 7) is 2.00. The highest BCUT2D eigenvalue weighted by atomic mass is 19.1. The van der Waals surface area contributed by atoms with Crippen molar-refractivity contribution in [2.75, 3.05) is 7.11 Å². The van der Waals surface area contributed by atoms with Gasteiger partial charge in [-0.05, 0) is 30.3 Å². The van der Waals surface area contributed by atoms with E-state index in [0.29, 0.717) is 17.1 Å². The smallest absolute Gasteiger partial charge is 0.127 e. The maximum atomic E-state index is 13.4. The molecule has 102 valence electrons. The van der Waals surface area contributed by atoms with Gasteiger partial charge in [0, 0.05) is 12.0 Å². The third-order valence-electron chi connectivity index (χ3n) is 2.98. The Kier molecular flexibility index (Phi) is 4.19. The molecule has 0 aliphatic heterocycles. The molecular formula is C14H17FN2O2. The first-order chi connectivity index (χ1) is 9.19. The normalized spacial score (nSPS) is 12.4. The summed E-state index contributed by atoms with van der Waals surface area (Å²) in [6, 6.07) is 7.55. The van der Waals surface area contributed by atoms with E-state index in [2.05, 4.69) is 5.43 Å². The van der Waals surface area contributed by atoms with Gasteiger partial charge in [0.25, 0.3) is 0 Å². The zero-order valence-electron chi connectivity index (χ0n) is 10.9. The van der Waals surface area contributed by atoms with Gasteiger partial charge in [-0.3, -0.25) is 5.84 Å². The lowest BCUT2D eigenvalue weighted by atomic mass is 10.0. The quantitative estimate of drug-likeness (QED) is 0.643. The van der Waals surface area contributed by atoms with Crippen molar-refractivity contribution in [2.45, 2.75) is 19.4 Å². The van der Waals surface area contributed by atoms with Crippen molar-refractivity contribution in [1.82, 2.24) is 5.43 Å². The minimum absolute atomic E-state index is 0.349. The van der Waals surface area contributed by atoms with E-state index in [0.717, 1.165) is 12.2 Å². The van der Waals surface area contributed by atoms with Gasteiger partial charge in [-0.1, -0.05) is 6.92 Å². The van der Waals surface area contributed by atoms with Gasteiger partial charge in [-0.15, -0.1) is 0 Å². The molecule has 1 unspecified atom stereocenters. The first-order valence-electron chi connectivity index (χ1n) is 6.07. The van der Waals surface area contributed by atoms with E-state index >= 15 is 0 Å². The second kappa shape index (κ2) is 5.86. The predicted molar refractivity (Wildman–Crippen MR) is 70.2 cm³/mol. The lowest BCUT2D eigenvalue weighted by molar-refractivity contribution is 0.386. The van der Waals surface area contributed by atoms with Crippen LogP contribution in [0.4, 0.5) is 4.39 Å². The van der Waals surface area contributed by atoms with Crippen LogP contribution in [-0.2, 0) is 6.42 Å². The van der Waals surface area contributed by atoms with Crippen LogP contribution in [0, 0.1) is 5.82 Å². The van der Waals surface area contributed by atoms with Gasteiger partial charge in [0.05, 0.1) is 7.11 Å². The number of hydrogen-bond donors (Lipinski definition) is 2. The number of furan rings is 1. The van der Waals surface area contributed by atoms with Crippen molar-refractivity contribution in [3.8, 4) is 5.75 Å². The zero-order chi connectivity index (χ0) is 13.8. The van der Waals surface area contributed by atoms with Crippen molar-refractivity contribution < 1.29 is 13.5 Å². The van der Waals surface area contributed by atoms with Gasteiger partial charge >= 0.3 is 0 Å². The Hall–Kier alpha value is -1.85. The minimum atomic E-state index is -0.453. The van der Waals surface area contributed by atoms with Crippen LogP contribution in [0.15, 0.2) is 34.7 Å². The summed E-state index contributed by atoms with van der Waals surface area (Å²) in [5.41, 5.74) is 3.23. The number of aryl methyl sites for hydroxylation is 1. The highest BCUT2D eigenvalue weighted by Gasteiger charge is 2.21. The molecule has 4 nitrogen and oxygen atoms in total. The molecule has 1 aromatic carbocycles. The first-order valence-corrected chi connectivity index (χ1v) is 6.07. The summed E-state index contributed by atoms with van der Waals surface area (Å²) in [5.74, 6) is 7.26. The number of rotatable bonds is 5. The van der Waals surface area contributed by atoms with Crippen LogP contribution in [0.3, 0.4) is 0 Å². The number of ether oxygens (including phenoxy) is 1. The molecule has 3 N–H and O–H groups in total. The molecule has 0 radical (unpaired) electrons. The van der Waals surface area contributed by atoms with E-state index in [1.165, 1.54) is 19.2 Å². The Morgan fingerprint density at radius 1 is 1.37 bits per heavy atom. The Morgan fingerprint density at radius 3 is 2.74 bits per heavy atom. The summed E-state index contributed by atoms with van der Waals surface area (Å²) >= 11 is 0. The third kappa shape index (κ3) is 2.77. The summed E-state index contributed by atoms with van der Waals surface area (Å²) < 4.78 is 24.3. The van der Waals surface area contributed by atoms with E-state index in [1.54, 1.807) is 6.07 Å². The fourth-order valence-electron chi connectivity index (χ4n) is 2.00. The molecule has 0 bridgehead atoms. The van der Waals surface area contributed by atoms with Gasteiger partial charge < -0.3 is 9.15 Å². The second-order valence-electron chi connectivity index (χ2n) is 4.14. The number of hydrogen-bond acceptors (Lipinski definition) is 4. The Labute approximate surface area is 111 Å². The molecule has 2 aromatic rings. The number of benzene rings is 1. The lowest BCUT2D eigenvalue weighted by Crippen LogP contribution is -2.29. The Balaban J connectivity index is 2.43. The highest BCUT2D eigenvalue weighted by molar-refractivity contribution is 5.40. The van der Waals surface area contributed by atoms with Crippen LogP contribution in [0.2, 0.25) is 0 Å². The monoisotopic (exact) mass is 264 g/mol. The molecular weight excluding hydrogens is 247 g/mol. The Bertz CT molecular complexity index is 554. The summed E-state index contributed by atoms with van der Waals surface area (Å²) in [5, 5.41) is 0. The van der Waals surface area contributed by atoms with E-state index < -0.39 is 6.04 Å². The van der Waals surface area contributed by atoms with Crippen LogP contribution in [0.5, 0.6) is 5.75 Å². The van der Waals surface area contributed by atoms with Crippen molar-refractivity contribution in [3.05, 3.63) is 53.2 Å². The maximum Gasteiger partial charge on any atom is 0.127 e. The molecule has 0 saturated carbocycles. The number of hydrazine groups is 1. The highest BCUT2D eigenvalue weighted by Crippen LogP contribution is 2.31. The van der Waals surface area contributed by atoms with Crippen LogP contribution in [0.1, 0.15) is 30.0 Å². The molecule has 19 heavy (non-hydrogen) atoms. The average Bonchev–Trinajstić information content (AvgIpc) is 2.89. The molecule has 1 atom stereocenters. The van der Waals surface area contributed by atoms with Crippen molar-refractivity contribution in [1.29, 1.82) is 0 Å². The number of methoxy groups -OCH3 is 1. The molecule has 0 aliphatic rings. The van der Waals surface area contributed by atoms with Crippen LogP contribution >= 0.6 is 0 Å². The molecule has 0 aliphatic carbocycles. The summed E-state index contributed by atoms with van der Waals surface area (Å²) in [7, 11) is 1.53. The molecule has 0 amide bonds. The van der Waals surface area contributed by atoms with Gasteiger partial charge in [-0.25, -0.2) is 9.82 Å². The Morgan fingerprint density at radius 2 is 2.16 bits per heavy atom. The average molecular weight is 264 g/mol. The standard InChI is InChI=1S/C14H17FN2O2/c1-3-10-5-7-13(19-10)14(17-16)11-8-9(15)4-6-12(11)18-2/h4-8,14,17H,3,16H2,1-2H3. The lowest BCUT2D eigenvalue weighted by Gasteiger charge is -2.17.